The Morgan fingerprint density at radius 1 is 1.14 bits per heavy atom. The van der Waals surface area contributed by atoms with Gasteiger partial charge in [-0.3, -0.25) is 0 Å². The normalized spacial score (nSPS) is 21.7. The number of amides is 1. The van der Waals surface area contributed by atoms with Gasteiger partial charge in [0, 0.05) is 10.8 Å². The molecule has 0 spiro atoms. The van der Waals surface area contributed by atoms with Crippen molar-refractivity contribution in [3.63, 3.8) is 0 Å². The maximum Gasteiger partial charge on any atom is 0.407 e. The van der Waals surface area contributed by atoms with Crippen LogP contribution in [0.4, 0.5) is 4.79 Å². The third-order valence-corrected chi connectivity index (χ3v) is 3.17. The second-order valence-electron chi connectivity index (χ2n) is 6.07. The van der Waals surface area contributed by atoms with E-state index in [1.807, 2.05) is 0 Å². The first kappa shape index (κ1) is 11.3. The van der Waals surface area contributed by atoms with Crippen LogP contribution in [-0.4, -0.2) is 18.2 Å². The minimum absolute atomic E-state index is 0.0651. The minimum Gasteiger partial charge on any atom is -0.440 e. The van der Waals surface area contributed by atoms with Gasteiger partial charge in [-0.15, -0.1) is 0 Å². The molecule has 1 N–H and O–H groups in total. The molecule has 1 aliphatic heterocycles. The SMILES string of the molecule is CC(C)(C)C1(C(C)(C)C)CNC(=O)O1. The van der Waals surface area contributed by atoms with Crippen LogP contribution in [0.2, 0.25) is 0 Å². The molecule has 0 unspecified atom stereocenters. The summed E-state index contributed by atoms with van der Waals surface area (Å²) in [6, 6.07) is 0. The quantitative estimate of drug-likeness (QED) is 0.651. The number of alkyl carbamates (subject to hydrolysis) is 1. The maximum atomic E-state index is 11.2. The van der Waals surface area contributed by atoms with Crippen molar-refractivity contribution in [2.45, 2.75) is 47.1 Å². The fraction of sp³-hybridized carbons (Fsp3) is 0.909. The molecule has 1 saturated heterocycles. The Kier molecular flexibility index (Phi) is 2.33. The number of carbonyl (C=O) groups excluding carboxylic acids is 1. The predicted molar refractivity (Wildman–Crippen MR) is 56.1 cm³/mol. The van der Waals surface area contributed by atoms with Gasteiger partial charge >= 0.3 is 6.09 Å². The third-order valence-electron chi connectivity index (χ3n) is 3.17. The van der Waals surface area contributed by atoms with Crippen LogP contribution in [0.25, 0.3) is 0 Å². The standard InChI is InChI=1S/C11H21NO2/c1-9(2,3)11(10(4,5)6)7-12-8(13)14-11/h7H2,1-6H3,(H,12,13). The van der Waals surface area contributed by atoms with Gasteiger partial charge < -0.3 is 10.1 Å². The van der Waals surface area contributed by atoms with Crippen LogP contribution in [0.5, 0.6) is 0 Å². The Morgan fingerprint density at radius 2 is 1.57 bits per heavy atom. The van der Waals surface area contributed by atoms with Crippen LogP contribution in [0.3, 0.4) is 0 Å². The van der Waals surface area contributed by atoms with E-state index in [4.69, 9.17) is 4.74 Å². The van der Waals surface area contributed by atoms with E-state index >= 15 is 0 Å². The van der Waals surface area contributed by atoms with E-state index in [1.54, 1.807) is 0 Å². The molecular formula is C11H21NO2. The molecule has 0 aliphatic carbocycles. The van der Waals surface area contributed by atoms with Crippen molar-refractivity contribution < 1.29 is 9.53 Å². The molecule has 3 heteroatoms. The predicted octanol–water partition coefficient (Wildman–Crippen LogP) is 2.56. The van der Waals surface area contributed by atoms with Crippen molar-refractivity contribution >= 4 is 6.09 Å². The van der Waals surface area contributed by atoms with E-state index in [0.717, 1.165) is 0 Å². The summed E-state index contributed by atoms with van der Waals surface area (Å²) >= 11 is 0. The van der Waals surface area contributed by atoms with Gasteiger partial charge in [0.2, 0.25) is 0 Å². The van der Waals surface area contributed by atoms with E-state index in [1.165, 1.54) is 0 Å². The third kappa shape index (κ3) is 1.49. The number of hydrogen-bond donors (Lipinski definition) is 1. The first-order valence-electron chi connectivity index (χ1n) is 5.07. The number of rotatable bonds is 0. The molecule has 0 atom stereocenters. The number of ether oxygens (including phenoxy) is 1. The van der Waals surface area contributed by atoms with Gasteiger partial charge in [-0.2, -0.15) is 0 Å². The Bertz CT molecular complexity index is 231. The van der Waals surface area contributed by atoms with Gasteiger partial charge in [-0.1, -0.05) is 41.5 Å². The Labute approximate surface area is 86.2 Å². The van der Waals surface area contributed by atoms with Crippen molar-refractivity contribution in [3.05, 3.63) is 0 Å². The second kappa shape index (κ2) is 2.88. The minimum atomic E-state index is -0.420. The summed E-state index contributed by atoms with van der Waals surface area (Å²) in [5.74, 6) is 0. The monoisotopic (exact) mass is 199 g/mol. The molecule has 0 aromatic rings. The van der Waals surface area contributed by atoms with Gasteiger partial charge in [-0.25, -0.2) is 4.79 Å². The summed E-state index contributed by atoms with van der Waals surface area (Å²) in [4.78, 5) is 11.2. The lowest BCUT2D eigenvalue weighted by atomic mass is 9.62. The van der Waals surface area contributed by atoms with E-state index in [0.29, 0.717) is 6.54 Å². The zero-order chi connectivity index (χ0) is 11.2. The van der Waals surface area contributed by atoms with Crippen molar-refractivity contribution in [3.8, 4) is 0 Å². The average molecular weight is 199 g/mol. The smallest absolute Gasteiger partial charge is 0.407 e. The molecule has 1 heterocycles. The fourth-order valence-corrected chi connectivity index (χ4v) is 2.39. The molecule has 0 aromatic carbocycles. The number of cyclic esters (lactones) is 1. The lowest BCUT2D eigenvalue weighted by molar-refractivity contribution is -0.108. The van der Waals surface area contributed by atoms with Crippen LogP contribution >= 0.6 is 0 Å². The highest BCUT2D eigenvalue weighted by molar-refractivity contribution is 5.70. The van der Waals surface area contributed by atoms with Gasteiger partial charge in [0.25, 0.3) is 0 Å². The number of hydrogen-bond acceptors (Lipinski definition) is 2. The molecule has 0 bridgehead atoms. The molecule has 0 radical (unpaired) electrons. The summed E-state index contributed by atoms with van der Waals surface area (Å²) in [7, 11) is 0. The highest BCUT2D eigenvalue weighted by Gasteiger charge is 2.57. The molecule has 82 valence electrons. The van der Waals surface area contributed by atoms with Crippen molar-refractivity contribution in [1.82, 2.24) is 5.32 Å². The molecular weight excluding hydrogens is 178 g/mol. The molecule has 0 saturated carbocycles. The van der Waals surface area contributed by atoms with Gasteiger partial charge in [0.05, 0.1) is 6.54 Å². The van der Waals surface area contributed by atoms with Crippen LogP contribution in [-0.2, 0) is 4.74 Å². The van der Waals surface area contributed by atoms with Crippen molar-refractivity contribution in [1.29, 1.82) is 0 Å². The first-order chi connectivity index (χ1) is 6.10. The van der Waals surface area contributed by atoms with Gasteiger partial charge in [0.15, 0.2) is 0 Å². The van der Waals surface area contributed by atoms with Crippen LogP contribution in [0.15, 0.2) is 0 Å². The van der Waals surface area contributed by atoms with Crippen LogP contribution in [0.1, 0.15) is 41.5 Å². The lowest BCUT2D eigenvalue weighted by Crippen LogP contribution is -2.55. The Morgan fingerprint density at radius 3 is 1.71 bits per heavy atom. The van der Waals surface area contributed by atoms with Gasteiger partial charge in [-0.05, 0) is 0 Å². The average Bonchev–Trinajstić information content (AvgIpc) is 2.28. The Hall–Kier alpha value is -0.730. The molecule has 1 rings (SSSR count). The molecule has 3 nitrogen and oxygen atoms in total. The van der Waals surface area contributed by atoms with E-state index < -0.39 is 5.60 Å². The molecule has 1 amide bonds. The molecule has 1 aliphatic rings. The highest BCUT2D eigenvalue weighted by Crippen LogP contribution is 2.48. The maximum absolute atomic E-state index is 11.2. The lowest BCUT2D eigenvalue weighted by Gasteiger charge is -2.48. The van der Waals surface area contributed by atoms with Gasteiger partial charge in [0.1, 0.15) is 5.60 Å². The summed E-state index contributed by atoms with van der Waals surface area (Å²) in [6.07, 6.45) is -0.296. The zero-order valence-electron chi connectivity index (χ0n) is 10.0. The first-order valence-corrected chi connectivity index (χ1v) is 5.07. The Balaban J connectivity index is 3.12. The molecule has 14 heavy (non-hydrogen) atoms. The second-order valence-corrected chi connectivity index (χ2v) is 6.07. The summed E-state index contributed by atoms with van der Waals surface area (Å²) in [5, 5.41) is 2.76. The molecule has 0 aromatic heterocycles. The van der Waals surface area contributed by atoms with Crippen molar-refractivity contribution in [2.75, 3.05) is 6.54 Å². The van der Waals surface area contributed by atoms with E-state index in [9.17, 15) is 4.79 Å². The fourth-order valence-electron chi connectivity index (χ4n) is 2.39. The topological polar surface area (TPSA) is 38.3 Å². The summed E-state index contributed by atoms with van der Waals surface area (Å²) < 4.78 is 5.53. The van der Waals surface area contributed by atoms with Crippen molar-refractivity contribution in [2.24, 2.45) is 10.8 Å². The summed E-state index contributed by atoms with van der Waals surface area (Å²) in [5.41, 5.74) is -0.550. The number of carbonyl (C=O) groups is 1. The van der Waals surface area contributed by atoms with Crippen LogP contribution in [0, 0.1) is 10.8 Å². The number of nitrogens with one attached hydrogen (secondary N) is 1. The van der Waals surface area contributed by atoms with Crippen LogP contribution < -0.4 is 5.32 Å². The largest absolute Gasteiger partial charge is 0.440 e. The van der Waals surface area contributed by atoms with E-state index in [-0.39, 0.29) is 16.9 Å². The zero-order valence-corrected chi connectivity index (χ0v) is 10.0. The van der Waals surface area contributed by atoms with E-state index in [2.05, 4.69) is 46.9 Å². The summed E-state index contributed by atoms with van der Waals surface area (Å²) in [6.45, 7) is 13.3. The molecule has 1 fully saturated rings. The highest BCUT2D eigenvalue weighted by atomic mass is 16.6.